The number of nitrogens with one attached hydrogen (secondary N) is 1. The van der Waals surface area contributed by atoms with E-state index in [4.69, 9.17) is 0 Å². The Balaban J connectivity index is 1.77. The van der Waals surface area contributed by atoms with E-state index in [0.717, 1.165) is 24.0 Å². The summed E-state index contributed by atoms with van der Waals surface area (Å²) in [6.45, 7) is 6.01. The zero-order valence-corrected chi connectivity index (χ0v) is 10.4. The van der Waals surface area contributed by atoms with Crippen molar-refractivity contribution in [2.24, 2.45) is 10.9 Å². The highest BCUT2D eigenvalue weighted by Gasteiger charge is 2.22. The van der Waals surface area contributed by atoms with Gasteiger partial charge >= 0.3 is 0 Å². The van der Waals surface area contributed by atoms with Gasteiger partial charge in [-0.3, -0.25) is 9.67 Å². The molecular formula is C10H17N5S. The first-order valence-electron chi connectivity index (χ1n) is 5.53. The van der Waals surface area contributed by atoms with Gasteiger partial charge < -0.3 is 5.32 Å². The topological polar surface area (TPSA) is 55.1 Å². The third-order valence-electron chi connectivity index (χ3n) is 2.57. The van der Waals surface area contributed by atoms with Gasteiger partial charge in [-0.1, -0.05) is 30.8 Å². The molecule has 0 radical (unpaired) electrons. The van der Waals surface area contributed by atoms with E-state index in [1.807, 2.05) is 18.0 Å². The summed E-state index contributed by atoms with van der Waals surface area (Å²) in [4.78, 5) is 4.51. The fourth-order valence-electron chi connectivity index (χ4n) is 1.47. The Labute approximate surface area is 99.7 Å². The molecule has 2 heterocycles. The summed E-state index contributed by atoms with van der Waals surface area (Å²) in [5.41, 5.74) is 0. The Hall–Kier alpha value is -1.04. The normalized spacial score (nSPS) is 22.9. The lowest BCUT2D eigenvalue weighted by atomic mass is 10.1. The van der Waals surface area contributed by atoms with Crippen LogP contribution < -0.4 is 5.32 Å². The van der Waals surface area contributed by atoms with Gasteiger partial charge in [0, 0.05) is 18.0 Å². The standard InChI is InChI=1S/C10H17N5S/c1-8(2)9-7-16-10(13-9)11-3-5-15-6-4-12-14-15/h4,6,8-9H,3,5,7H2,1-2H3,(H,11,13). The third kappa shape index (κ3) is 2.98. The maximum absolute atomic E-state index is 4.51. The van der Waals surface area contributed by atoms with Crippen molar-refractivity contribution >= 4 is 16.9 Å². The molecule has 0 saturated carbocycles. The average Bonchev–Trinajstić information content (AvgIpc) is 2.87. The quantitative estimate of drug-likeness (QED) is 0.851. The van der Waals surface area contributed by atoms with Gasteiger partial charge in [0.15, 0.2) is 5.17 Å². The van der Waals surface area contributed by atoms with Gasteiger partial charge in [-0.15, -0.1) is 5.10 Å². The highest BCUT2D eigenvalue weighted by molar-refractivity contribution is 8.14. The minimum atomic E-state index is 0.565. The highest BCUT2D eigenvalue weighted by atomic mass is 32.2. The predicted octanol–water partition coefficient (Wildman–Crippen LogP) is 0.995. The second-order valence-electron chi connectivity index (χ2n) is 4.16. The summed E-state index contributed by atoms with van der Waals surface area (Å²) in [5, 5.41) is 12.2. The van der Waals surface area contributed by atoms with E-state index in [9.17, 15) is 0 Å². The molecule has 1 atom stereocenters. The molecule has 0 bridgehead atoms. The molecule has 0 amide bonds. The first-order valence-corrected chi connectivity index (χ1v) is 6.52. The summed E-state index contributed by atoms with van der Waals surface area (Å²) >= 11 is 1.81. The second kappa shape index (κ2) is 5.34. The Bertz CT molecular complexity index is 346. The van der Waals surface area contributed by atoms with Gasteiger partial charge in [0.25, 0.3) is 0 Å². The van der Waals surface area contributed by atoms with Crippen LogP contribution in [-0.4, -0.2) is 38.5 Å². The third-order valence-corrected chi connectivity index (χ3v) is 3.62. The van der Waals surface area contributed by atoms with Crippen molar-refractivity contribution in [3.63, 3.8) is 0 Å². The van der Waals surface area contributed by atoms with Crippen molar-refractivity contribution < 1.29 is 0 Å². The number of nitrogens with zero attached hydrogens (tertiary/aromatic N) is 4. The minimum Gasteiger partial charge on any atom is -0.361 e. The number of aliphatic imine (C=N–C) groups is 1. The van der Waals surface area contributed by atoms with Crippen molar-refractivity contribution in [3.05, 3.63) is 12.4 Å². The molecule has 1 aromatic heterocycles. The zero-order valence-electron chi connectivity index (χ0n) is 9.63. The van der Waals surface area contributed by atoms with Crippen LogP contribution in [0.2, 0.25) is 0 Å². The fourth-order valence-corrected chi connectivity index (χ4v) is 2.69. The molecule has 2 rings (SSSR count). The van der Waals surface area contributed by atoms with Crippen LogP contribution in [0.4, 0.5) is 0 Å². The van der Waals surface area contributed by atoms with Crippen molar-refractivity contribution in [3.8, 4) is 0 Å². The fraction of sp³-hybridized carbons (Fsp3) is 0.700. The minimum absolute atomic E-state index is 0.565. The predicted molar refractivity (Wildman–Crippen MR) is 66.5 cm³/mol. The summed E-state index contributed by atoms with van der Waals surface area (Å²) in [6.07, 6.45) is 3.54. The monoisotopic (exact) mass is 239 g/mol. The Morgan fingerprint density at radius 2 is 2.56 bits per heavy atom. The molecule has 1 aliphatic heterocycles. The summed E-state index contributed by atoms with van der Waals surface area (Å²) in [7, 11) is 0. The van der Waals surface area contributed by atoms with Crippen LogP contribution in [0.25, 0.3) is 0 Å². The summed E-state index contributed by atoms with van der Waals surface area (Å²) in [5.74, 6) is 1.79. The molecule has 0 aliphatic carbocycles. The van der Waals surface area contributed by atoms with E-state index in [0.29, 0.717) is 12.0 Å². The van der Waals surface area contributed by atoms with Gasteiger partial charge in [-0.05, 0) is 5.92 Å². The second-order valence-corrected chi connectivity index (χ2v) is 5.17. The Morgan fingerprint density at radius 3 is 3.19 bits per heavy atom. The summed E-state index contributed by atoms with van der Waals surface area (Å²) < 4.78 is 1.80. The smallest absolute Gasteiger partial charge is 0.156 e. The first-order chi connectivity index (χ1) is 7.75. The number of hydrogen-bond acceptors (Lipinski definition) is 4. The average molecular weight is 239 g/mol. The van der Waals surface area contributed by atoms with E-state index in [1.54, 1.807) is 10.9 Å². The maximum Gasteiger partial charge on any atom is 0.156 e. The van der Waals surface area contributed by atoms with Crippen LogP contribution in [0.3, 0.4) is 0 Å². The van der Waals surface area contributed by atoms with Crippen LogP contribution >= 0.6 is 11.8 Å². The Morgan fingerprint density at radius 1 is 1.69 bits per heavy atom. The van der Waals surface area contributed by atoms with E-state index in [2.05, 4.69) is 34.5 Å². The SMILES string of the molecule is CC(C)C1CSC(=NCCn2ccnn2)N1. The van der Waals surface area contributed by atoms with Crippen molar-refractivity contribution in [1.29, 1.82) is 0 Å². The van der Waals surface area contributed by atoms with Gasteiger partial charge in [0.1, 0.15) is 0 Å². The molecule has 1 N–H and O–H groups in total. The molecule has 1 fully saturated rings. The van der Waals surface area contributed by atoms with E-state index < -0.39 is 0 Å². The van der Waals surface area contributed by atoms with E-state index >= 15 is 0 Å². The number of amidine groups is 1. The lowest BCUT2D eigenvalue weighted by Gasteiger charge is -2.12. The molecule has 1 aromatic rings. The van der Waals surface area contributed by atoms with Gasteiger partial charge in [0.2, 0.25) is 0 Å². The molecule has 1 aliphatic rings. The van der Waals surface area contributed by atoms with Gasteiger partial charge in [-0.2, -0.15) is 0 Å². The molecule has 1 saturated heterocycles. The largest absolute Gasteiger partial charge is 0.361 e. The molecule has 5 nitrogen and oxygen atoms in total. The molecule has 16 heavy (non-hydrogen) atoms. The molecule has 6 heteroatoms. The van der Waals surface area contributed by atoms with Crippen LogP contribution in [0, 0.1) is 5.92 Å². The maximum atomic E-state index is 4.51. The zero-order chi connectivity index (χ0) is 11.4. The lowest BCUT2D eigenvalue weighted by molar-refractivity contribution is 0.502. The molecule has 0 spiro atoms. The Kier molecular flexibility index (Phi) is 3.82. The van der Waals surface area contributed by atoms with Crippen LogP contribution in [0.15, 0.2) is 17.4 Å². The van der Waals surface area contributed by atoms with E-state index in [-0.39, 0.29) is 0 Å². The molecular weight excluding hydrogens is 222 g/mol. The van der Waals surface area contributed by atoms with Crippen molar-refractivity contribution in [2.75, 3.05) is 12.3 Å². The van der Waals surface area contributed by atoms with Crippen molar-refractivity contribution in [2.45, 2.75) is 26.4 Å². The summed E-state index contributed by atoms with van der Waals surface area (Å²) in [6, 6.07) is 0.565. The van der Waals surface area contributed by atoms with Crippen LogP contribution in [0.1, 0.15) is 13.8 Å². The van der Waals surface area contributed by atoms with Crippen LogP contribution in [-0.2, 0) is 6.54 Å². The molecule has 1 unspecified atom stereocenters. The van der Waals surface area contributed by atoms with Gasteiger partial charge in [0.05, 0.1) is 19.3 Å². The number of hydrogen-bond donors (Lipinski definition) is 1. The highest BCUT2D eigenvalue weighted by Crippen LogP contribution is 2.18. The van der Waals surface area contributed by atoms with Crippen molar-refractivity contribution in [1.82, 2.24) is 20.3 Å². The lowest BCUT2D eigenvalue weighted by Crippen LogP contribution is -2.31. The number of aromatic nitrogens is 3. The number of rotatable bonds is 4. The number of thioether (sulfide) groups is 1. The molecule has 88 valence electrons. The molecule has 0 aromatic carbocycles. The first kappa shape index (κ1) is 11.4. The van der Waals surface area contributed by atoms with Crippen LogP contribution in [0.5, 0.6) is 0 Å². The van der Waals surface area contributed by atoms with Gasteiger partial charge in [-0.25, -0.2) is 0 Å². The van der Waals surface area contributed by atoms with E-state index in [1.165, 1.54) is 0 Å².